The Morgan fingerprint density at radius 1 is 0.317 bits per heavy atom. The van der Waals surface area contributed by atoms with Gasteiger partial charge in [-0.15, -0.1) is 0 Å². The molecule has 7 aromatic carbocycles. The van der Waals surface area contributed by atoms with E-state index in [9.17, 15) is 0 Å². The van der Waals surface area contributed by atoms with Crippen LogP contribution in [-0.4, -0.2) is 44.0 Å². The summed E-state index contributed by atoms with van der Waals surface area (Å²) in [6.45, 7) is 0. The van der Waals surface area contributed by atoms with Gasteiger partial charge in [0.25, 0.3) is 0 Å². The Morgan fingerprint density at radius 2 is 0.700 bits per heavy atom. The molecule has 282 valence electrons. The highest BCUT2D eigenvalue weighted by Gasteiger charge is 2.25. The van der Waals surface area contributed by atoms with Crippen LogP contribution in [0.15, 0.2) is 185 Å². The van der Waals surface area contributed by atoms with Gasteiger partial charge in [0.15, 0.2) is 28.6 Å². The molecule has 0 fully saturated rings. The normalized spacial score (nSPS) is 11.7. The third-order valence-corrected chi connectivity index (χ3v) is 10.5. The van der Waals surface area contributed by atoms with Gasteiger partial charge in [-0.3, -0.25) is 9.13 Å². The quantitative estimate of drug-likeness (QED) is 0.155. The minimum atomic E-state index is 0.359. The van der Waals surface area contributed by atoms with Crippen molar-refractivity contribution in [3.63, 3.8) is 0 Å². The van der Waals surface area contributed by atoms with E-state index in [-0.39, 0.29) is 0 Å². The van der Waals surface area contributed by atoms with E-state index < -0.39 is 0 Å². The van der Waals surface area contributed by atoms with Gasteiger partial charge in [0.05, 0.1) is 22.1 Å². The number of para-hydroxylation sites is 10. The summed E-state index contributed by atoms with van der Waals surface area (Å²) >= 11 is 0. The van der Waals surface area contributed by atoms with Crippen molar-refractivity contribution >= 4 is 44.3 Å². The Labute approximate surface area is 341 Å². The van der Waals surface area contributed by atoms with Crippen LogP contribution >= 0.6 is 0 Å². The zero-order valence-electron chi connectivity index (χ0n) is 31.6. The lowest BCUT2D eigenvalue weighted by atomic mass is 10.0. The summed E-state index contributed by atoms with van der Waals surface area (Å²) < 4.78 is 16.8. The maximum Gasteiger partial charge on any atom is 0.227 e. The lowest BCUT2D eigenvalue weighted by Crippen LogP contribution is -2.07. The van der Waals surface area contributed by atoms with Gasteiger partial charge < -0.3 is 8.83 Å². The van der Waals surface area contributed by atoms with Crippen LogP contribution in [0, 0.1) is 0 Å². The second kappa shape index (κ2) is 13.5. The van der Waals surface area contributed by atoms with Gasteiger partial charge in [-0.05, 0) is 91.0 Å². The Kier molecular flexibility index (Phi) is 7.57. The number of hydrogen-bond acceptors (Lipinski definition) is 9. The lowest BCUT2D eigenvalue weighted by molar-refractivity contribution is 0.617. The molecule has 0 bridgehead atoms. The number of aromatic nitrogens is 9. The average molecular weight is 776 g/mol. The van der Waals surface area contributed by atoms with Gasteiger partial charge in [0, 0.05) is 28.1 Å². The highest BCUT2D eigenvalue weighted by molar-refractivity contribution is 5.86. The van der Waals surface area contributed by atoms with E-state index >= 15 is 0 Å². The van der Waals surface area contributed by atoms with Crippen molar-refractivity contribution in [1.82, 2.24) is 44.0 Å². The summed E-state index contributed by atoms with van der Waals surface area (Å²) in [6, 6.07) is 57.5. The third kappa shape index (κ3) is 5.64. The van der Waals surface area contributed by atoms with Crippen molar-refractivity contribution in [3.8, 4) is 69.0 Å². The largest absolute Gasteiger partial charge is 0.436 e. The first-order valence-electron chi connectivity index (χ1n) is 19.4. The summed E-state index contributed by atoms with van der Waals surface area (Å²) in [5, 5.41) is 0. The SMILES string of the molecule is c1ccc(-n2c(-c3nc(-c4cc(-c5nc6ccccc6o5)cc(-c5nc6ccccc6o5)c4)nc(-c4nc5ccccc5n4-c4ccccc4)n3)nc3ccccc32)cc1. The van der Waals surface area contributed by atoms with E-state index in [2.05, 4.69) is 9.13 Å². The summed E-state index contributed by atoms with van der Waals surface area (Å²) in [5.74, 6) is 3.05. The molecule has 0 radical (unpaired) electrons. The molecule has 0 aliphatic heterocycles. The van der Waals surface area contributed by atoms with Crippen molar-refractivity contribution in [2.24, 2.45) is 0 Å². The molecule has 0 saturated carbocycles. The van der Waals surface area contributed by atoms with Gasteiger partial charge >= 0.3 is 0 Å². The number of imidazole rings is 2. The van der Waals surface area contributed by atoms with Gasteiger partial charge in [-0.2, -0.15) is 0 Å². The van der Waals surface area contributed by atoms with Crippen LogP contribution in [0.3, 0.4) is 0 Å². The second-order valence-corrected chi connectivity index (χ2v) is 14.3. The first-order valence-corrected chi connectivity index (χ1v) is 19.4. The number of nitrogens with zero attached hydrogens (tertiary/aromatic N) is 9. The zero-order valence-corrected chi connectivity index (χ0v) is 31.6. The Balaban J connectivity index is 1.15. The van der Waals surface area contributed by atoms with Crippen LogP contribution in [0.2, 0.25) is 0 Å². The molecule has 0 unspecified atom stereocenters. The molecule has 12 aromatic rings. The highest BCUT2D eigenvalue weighted by atomic mass is 16.4. The van der Waals surface area contributed by atoms with Crippen molar-refractivity contribution in [2.45, 2.75) is 0 Å². The minimum Gasteiger partial charge on any atom is -0.436 e. The smallest absolute Gasteiger partial charge is 0.227 e. The molecular weight excluding hydrogens is 747 g/mol. The number of oxazole rings is 2. The molecular formula is C49H29N9O2. The van der Waals surface area contributed by atoms with E-state index in [4.69, 9.17) is 43.7 Å². The molecule has 0 saturated heterocycles. The average Bonchev–Trinajstić information content (AvgIpc) is 4.12. The van der Waals surface area contributed by atoms with Crippen molar-refractivity contribution in [2.75, 3.05) is 0 Å². The topological polar surface area (TPSA) is 126 Å². The predicted molar refractivity (Wildman–Crippen MR) is 231 cm³/mol. The Hall–Kier alpha value is -8.57. The number of fused-ring (bicyclic) bond motifs is 4. The van der Waals surface area contributed by atoms with Crippen LogP contribution in [0.1, 0.15) is 0 Å². The maximum atomic E-state index is 6.34. The van der Waals surface area contributed by atoms with Gasteiger partial charge in [0.1, 0.15) is 11.0 Å². The highest BCUT2D eigenvalue weighted by Crippen LogP contribution is 2.36. The van der Waals surface area contributed by atoms with Gasteiger partial charge in [-0.1, -0.05) is 84.9 Å². The molecule has 60 heavy (non-hydrogen) atoms. The molecule has 0 spiro atoms. The first kappa shape index (κ1) is 33.6. The van der Waals surface area contributed by atoms with Crippen LogP contribution in [0.5, 0.6) is 0 Å². The van der Waals surface area contributed by atoms with Gasteiger partial charge in [0.2, 0.25) is 23.4 Å². The number of rotatable bonds is 7. The van der Waals surface area contributed by atoms with E-state index in [0.29, 0.717) is 68.8 Å². The predicted octanol–water partition coefficient (Wildman–Crippen LogP) is 11.2. The summed E-state index contributed by atoms with van der Waals surface area (Å²) in [4.78, 5) is 35.8. The third-order valence-electron chi connectivity index (χ3n) is 10.5. The fourth-order valence-electron chi connectivity index (χ4n) is 7.73. The van der Waals surface area contributed by atoms with Crippen LogP contribution < -0.4 is 0 Å². The molecule has 0 N–H and O–H groups in total. The summed E-state index contributed by atoms with van der Waals surface area (Å²) in [6.07, 6.45) is 0. The molecule has 5 heterocycles. The first-order chi connectivity index (χ1) is 29.7. The standard InChI is InChI=1S/C49H29N9O2/c1-3-15-33(16-4-1)57-39-23-11-7-19-35(39)50-46(57)44-54-43(55-45(56-44)47-51-36-20-8-12-24-40(36)58(47)34-17-5-2-6-18-34)30-27-31(48-52-37-21-9-13-25-41(37)59-48)29-32(28-30)49-53-38-22-10-14-26-42(38)60-49/h1-29H. The molecule has 5 aromatic heterocycles. The molecule has 0 atom stereocenters. The molecule has 0 aliphatic carbocycles. The number of hydrogen-bond donors (Lipinski definition) is 0. The molecule has 0 aliphatic rings. The van der Waals surface area contributed by atoms with Crippen LogP contribution in [0.4, 0.5) is 0 Å². The monoisotopic (exact) mass is 775 g/mol. The second-order valence-electron chi connectivity index (χ2n) is 14.3. The fraction of sp³-hybridized carbons (Fsp3) is 0. The minimum absolute atomic E-state index is 0.359. The van der Waals surface area contributed by atoms with E-state index in [0.717, 1.165) is 44.5 Å². The Morgan fingerprint density at radius 3 is 1.17 bits per heavy atom. The summed E-state index contributed by atoms with van der Waals surface area (Å²) in [5.41, 5.74) is 10.1. The van der Waals surface area contributed by atoms with Gasteiger partial charge in [-0.25, -0.2) is 34.9 Å². The zero-order chi connectivity index (χ0) is 39.6. The summed E-state index contributed by atoms with van der Waals surface area (Å²) in [7, 11) is 0. The van der Waals surface area contributed by atoms with Crippen molar-refractivity contribution < 1.29 is 8.83 Å². The van der Waals surface area contributed by atoms with Crippen LogP contribution in [0.25, 0.3) is 113 Å². The van der Waals surface area contributed by atoms with Crippen molar-refractivity contribution in [3.05, 3.63) is 176 Å². The van der Waals surface area contributed by atoms with Crippen LogP contribution in [-0.2, 0) is 0 Å². The molecule has 0 amide bonds. The maximum absolute atomic E-state index is 6.34. The fourth-order valence-corrected chi connectivity index (χ4v) is 7.73. The van der Waals surface area contributed by atoms with E-state index in [1.165, 1.54) is 0 Å². The molecule has 11 nitrogen and oxygen atoms in total. The molecule has 11 heteroatoms. The lowest BCUT2D eigenvalue weighted by Gasteiger charge is -2.13. The number of benzene rings is 7. The molecule has 12 rings (SSSR count). The Bertz CT molecular complexity index is 3270. The van der Waals surface area contributed by atoms with E-state index in [1.807, 2.05) is 176 Å². The van der Waals surface area contributed by atoms with Crippen molar-refractivity contribution in [1.29, 1.82) is 0 Å². The van der Waals surface area contributed by atoms with E-state index in [1.54, 1.807) is 0 Å².